The van der Waals surface area contributed by atoms with Gasteiger partial charge in [-0.15, -0.1) is 0 Å². The average Bonchev–Trinajstić information content (AvgIpc) is 2.70. The van der Waals surface area contributed by atoms with E-state index in [0.29, 0.717) is 33.9 Å². The second kappa shape index (κ2) is 8.05. The average molecular weight is 361 g/mol. The second-order valence-electron chi connectivity index (χ2n) is 5.80. The number of carbonyl (C=O) groups excluding carboxylic acids is 2. The van der Waals surface area contributed by atoms with Crippen LogP contribution < -0.4 is 21.1 Å². The van der Waals surface area contributed by atoms with Crippen molar-refractivity contribution in [2.75, 3.05) is 23.5 Å². The normalized spacial score (nSPS) is 10.1. The summed E-state index contributed by atoms with van der Waals surface area (Å²) < 4.78 is 5.08. The Bertz CT molecular complexity index is 954. The summed E-state index contributed by atoms with van der Waals surface area (Å²) in [7, 11) is 1.56. The molecule has 0 spiro atoms. The fourth-order valence-corrected chi connectivity index (χ4v) is 2.47. The number of para-hydroxylation sites is 1. The lowest BCUT2D eigenvalue weighted by Crippen LogP contribution is -2.16. The summed E-state index contributed by atoms with van der Waals surface area (Å²) in [6.45, 7) is 0. The Morgan fingerprint density at radius 1 is 0.815 bits per heavy atom. The van der Waals surface area contributed by atoms with Crippen molar-refractivity contribution in [1.82, 2.24) is 0 Å². The Kier molecular flexibility index (Phi) is 5.37. The molecule has 0 fully saturated rings. The number of carbonyl (C=O) groups is 2. The molecule has 0 aromatic heterocycles. The third-order valence-electron chi connectivity index (χ3n) is 3.95. The van der Waals surface area contributed by atoms with E-state index >= 15 is 0 Å². The zero-order chi connectivity index (χ0) is 19.2. The second-order valence-corrected chi connectivity index (χ2v) is 5.80. The highest BCUT2D eigenvalue weighted by Crippen LogP contribution is 2.22. The van der Waals surface area contributed by atoms with Gasteiger partial charge >= 0.3 is 0 Å². The fourth-order valence-electron chi connectivity index (χ4n) is 2.47. The minimum absolute atomic E-state index is 0.291. The molecular weight excluding hydrogens is 342 g/mol. The number of hydrogen-bond acceptors (Lipinski definition) is 4. The summed E-state index contributed by atoms with van der Waals surface area (Å²) in [6, 6.07) is 20.6. The number of nitrogen functional groups attached to an aromatic ring is 1. The number of rotatable bonds is 5. The van der Waals surface area contributed by atoms with Crippen molar-refractivity contribution >= 4 is 28.9 Å². The molecule has 4 N–H and O–H groups in total. The van der Waals surface area contributed by atoms with Crippen molar-refractivity contribution < 1.29 is 14.3 Å². The van der Waals surface area contributed by atoms with Crippen LogP contribution in [0, 0.1) is 0 Å². The Morgan fingerprint density at radius 2 is 1.44 bits per heavy atom. The van der Waals surface area contributed by atoms with E-state index in [1.54, 1.807) is 61.7 Å². The van der Waals surface area contributed by atoms with E-state index < -0.39 is 0 Å². The van der Waals surface area contributed by atoms with Crippen LogP contribution >= 0.6 is 0 Å². The molecule has 6 nitrogen and oxygen atoms in total. The molecule has 0 saturated carbocycles. The molecule has 0 unspecified atom stereocenters. The Hall–Kier alpha value is -3.80. The zero-order valence-corrected chi connectivity index (χ0v) is 14.7. The highest BCUT2D eigenvalue weighted by atomic mass is 16.5. The molecule has 0 atom stereocenters. The quantitative estimate of drug-likeness (QED) is 0.603. The maximum absolute atomic E-state index is 12.4. The summed E-state index contributed by atoms with van der Waals surface area (Å²) in [5, 5.41) is 5.53. The maximum atomic E-state index is 12.4. The lowest BCUT2D eigenvalue weighted by atomic mass is 10.1. The van der Waals surface area contributed by atoms with Gasteiger partial charge in [0.05, 0.1) is 18.5 Å². The maximum Gasteiger partial charge on any atom is 0.255 e. The molecular formula is C21H19N3O3. The summed E-state index contributed by atoms with van der Waals surface area (Å²) >= 11 is 0. The first-order valence-electron chi connectivity index (χ1n) is 8.28. The van der Waals surface area contributed by atoms with Gasteiger partial charge in [-0.3, -0.25) is 9.59 Å². The van der Waals surface area contributed by atoms with Crippen molar-refractivity contribution in [2.45, 2.75) is 0 Å². The Morgan fingerprint density at radius 3 is 2.11 bits per heavy atom. The van der Waals surface area contributed by atoms with E-state index in [1.165, 1.54) is 0 Å². The molecule has 27 heavy (non-hydrogen) atoms. The van der Waals surface area contributed by atoms with Gasteiger partial charge in [-0.2, -0.15) is 0 Å². The van der Waals surface area contributed by atoms with Gasteiger partial charge in [-0.05, 0) is 54.6 Å². The van der Waals surface area contributed by atoms with E-state index in [9.17, 15) is 9.59 Å². The SMILES string of the molecule is COc1ccc(C(=O)Nc2cc(C(=O)Nc3ccccc3)ccc2N)cc1. The molecule has 0 bridgehead atoms. The van der Waals surface area contributed by atoms with Crippen LogP contribution in [-0.2, 0) is 0 Å². The summed E-state index contributed by atoms with van der Waals surface area (Å²) in [5.74, 6) is 0.0387. The molecule has 2 amide bonds. The van der Waals surface area contributed by atoms with Gasteiger partial charge in [0.2, 0.25) is 0 Å². The Labute approximate surface area is 157 Å². The zero-order valence-electron chi connectivity index (χ0n) is 14.7. The number of amides is 2. The number of nitrogens with two attached hydrogens (primary N) is 1. The van der Waals surface area contributed by atoms with Crippen LogP contribution in [0.2, 0.25) is 0 Å². The van der Waals surface area contributed by atoms with Crippen molar-refractivity contribution in [1.29, 1.82) is 0 Å². The van der Waals surface area contributed by atoms with E-state index in [4.69, 9.17) is 10.5 Å². The lowest BCUT2D eigenvalue weighted by Gasteiger charge is -2.11. The van der Waals surface area contributed by atoms with Crippen LogP contribution in [-0.4, -0.2) is 18.9 Å². The topological polar surface area (TPSA) is 93.4 Å². The molecule has 3 aromatic carbocycles. The van der Waals surface area contributed by atoms with Gasteiger partial charge < -0.3 is 21.1 Å². The predicted octanol–water partition coefficient (Wildman–Crippen LogP) is 3.78. The van der Waals surface area contributed by atoms with Crippen LogP contribution in [0.4, 0.5) is 17.1 Å². The summed E-state index contributed by atoms with van der Waals surface area (Å²) in [5.41, 5.74) is 8.21. The van der Waals surface area contributed by atoms with Crippen molar-refractivity contribution in [3.05, 3.63) is 83.9 Å². The number of benzene rings is 3. The lowest BCUT2D eigenvalue weighted by molar-refractivity contribution is 0.101. The Balaban J connectivity index is 1.76. The minimum atomic E-state index is -0.329. The van der Waals surface area contributed by atoms with Crippen LogP contribution in [0.5, 0.6) is 5.75 Å². The van der Waals surface area contributed by atoms with E-state index in [2.05, 4.69) is 10.6 Å². The van der Waals surface area contributed by atoms with E-state index in [0.717, 1.165) is 0 Å². The van der Waals surface area contributed by atoms with Gasteiger partial charge in [-0.1, -0.05) is 18.2 Å². The van der Waals surface area contributed by atoms with Gasteiger partial charge in [-0.25, -0.2) is 0 Å². The fraction of sp³-hybridized carbons (Fsp3) is 0.0476. The standard InChI is InChI=1S/C21H19N3O3/c1-27-17-10-7-14(8-11-17)20(25)24-19-13-15(9-12-18(19)22)21(26)23-16-5-3-2-4-6-16/h2-13H,22H2,1H3,(H,23,26)(H,24,25). The highest BCUT2D eigenvalue weighted by molar-refractivity contribution is 6.08. The largest absolute Gasteiger partial charge is 0.497 e. The molecule has 0 heterocycles. The first kappa shape index (κ1) is 18.0. The molecule has 0 aliphatic rings. The van der Waals surface area contributed by atoms with Crippen molar-refractivity contribution in [2.24, 2.45) is 0 Å². The van der Waals surface area contributed by atoms with Crippen LogP contribution in [0.25, 0.3) is 0 Å². The first-order valence-corrected chi connectivity index (χ1v) is 8.28. The van der Waals surface area contributed by atoms with E-state index in [1.807, 2.05) is 18.2 Å². The third kappa shape index (κ3) is 4.43. The number of methoxy groups -OCH3 is 1. The van der Waals surface area contributed by atoms with Gasteiger partial charge in [0, 0.05) is 16.8 Å². The monoisotopic (exact) mass is 361 g/mol. The smallest absolute Gasteiger partial charge is 0.255 e. The van der Waals surface area contributed by atoms with E-state index in [-0.39, 0.29) is 11.8 Å². The third-order valence-corrected chi connectivity index (χ3v) is 3.95. The predicted molar refractivity (Wildman–Crippen MR) is 106 cm³/mol. The molecule has 0 saturated heterocycles. The van der Waals surface area contributed by atoms with Crippen LogP contribution in [0.3, 0.4) is 0 Å². The molecule has 0 aliphatic heterocycles. The van der Waals surface area contributed by atoms with Gasteiger partial charge in [0.25, 0.3) is 11.8 Å². The highest BCUT2D eigenvalue weighted by Gasteiger charge is 2.12. The van der Waals surface area contributed by atoms with Crippen LogP contribution in [0.1, 0.15) is 20.7 Å². The number of nitrogens with one attached hydrogen (secondary N) is 2. The molecule has 0 radical (unpaired) electrons. The molecule has 3 aromatic rings. The summed E-state index contributed by atoms with van der Waals surface area (Å²) in [6.07, 6.45) is 0. The van der Waals surface area contributed by atoms with Crippen molar-refractivity contribution in [3.8, 4) is 5.75 Å². The number of hydrogen-bond donors (Lipinski definition) is 3. The molecule has 6 heteroatoms. The molecule has 136 valence electrons. The van der Waals surface area contributed by atoms with Gasteiger partial charge in [0.15, 0.2) is 0 Å². The molecule has 0 aliphatic carbocycles. The molecule has 3 rings (SSSR count). The number of anilines is 3. The van der Waals surface area contributed by atoms with Crippen LogP contribution in [0.15, 0.2) is 72.8 Å². The summed E-state index contributed by atoms with van der Waals surface area (Å²) in [4.78, 5) is 24.9. The van der Waals surface area contributed by atoms with Crippen molar-refractivity contribution in [3.63, 3.8) is 0 Å². The number of ether oxygens (including phenoxy) is 1. The minimum Gasteiger partial charge on any atom is -0.497 e. The van der Waals surface area contributed by atoms with Gasteiger partial charge in [0.1, 0.15) is 5.75 Å². The first-order chi connectivity index (χ1) is 13.1.